The van der Waals surface area contributed by atoms with Crippen LogP contribution < -0.4 is 9.47 Å². The molecule has 0 spiro atoms. The molecule has 4 heteroatoms. The first-order valence-electron chi connectivity index (χ1n) is 5.93. The van der Waals surface area contributed by atoms with E-state index in [2.05, 4.69) is 19.6 Å². The van der Waals surface area contributed by atoms with Crippen LogP contribution in [0.1, 0.15) is 27.9 Å². The van der Waals surface area contributed by atoms with Crippen LogP contribution in [0.25, 0.3) is 0 Å². The standard InChI is InChI=1S/C13H16O3Si/c1-17(2,3)13-6-10(14)8-4-11-12(5-9(8)13)16-7-15-11/h4-5,13H,6-7H2,1-3H3. The predicted octanol–water partition coefficient (Wildman–Crippen LogP) is 2.96. The summed E-state index contributed by atoms with van der Waals surface area (Å²) in [5, 5.41) is 0. The Bertz CT molecular complexity index is 502. The lowest BCUT2D eigenvalue weighted by Crippen LogP contribution is -2.29. The lowest BCUT2D eigenvalue weighted by molar-refractivity contribution is 0.0992. The molecule has 2 aliphatic rings. The molecule has 1 atom stereocenters. The summed E-state index contributed by atoms with van der Waals surface area (Å²) >= 11 is 0. The number of carbonyl (C=O) groups excluding carboxylic acids is 1. The summed E-state index contributed by atoms with van der Waals surface area (Å²) in [7, 11) is -1.37. The van der Waals surface area contributed by atoms with Gasteiger partial charge in [-0.25, -0.2) is 0 Å². The molecule has 3 nitrogen and oxygen atoms in total. The topological polar surface area (TPSA) is 35.5 Å². The van der Waals surface area contributed by atoms with E-state index in [1.807, 2.05) is 12.1 Å². The number of hydrogen-bond donors (Lipinski definition) is 0. The van der Waals surface area contributed by atoms with Crippen LogP contribution in [0, 0.1) is 0 Å². The highest BCUT2D eigenvalue weighted by molar-refractivity contribution is 6.78. The van der Waals surface area contributed by atoms with Crippen LogP contribution in [0.2, 0.25) is 19.6 Å². The van der Waals surface area contributed by atoms with Crippen LogP contribution in [-0.2, 0) is 0 Å². The Hall–Kier alpha value is -1.29. The lowest BCUT2D eigenvalue weighted by Gasteiger charge is -2.25. The van der Waals surface area contributed by atoms with Crippen LogP contribution in [0.4, 0.5) is 0 Å². The van der Waals surface area contributed by atoms with E-state index in [1.54, 1.807) is 0 Å². The van der Waals surface area contributed by atoms with E-state index in [9.17, 15) is 4.79 Å². The van der Waals surface area contributed by atoms with Crippen LogP contribution in [-0.4, -0.2) is 20.7 Å². The van der Waals surface area contributed by atoms with Gasteiger partial charge in [-0.3, -0.25) is 4.79 Å². The molecule has 3 rings (SSSR count). The highest BCUT2D eigenvalue weighted by Gasteiger charge is 2.39. The number of ether oxygens (including phenoxy) is 2. The van der Waals surface area contributed by atoms with Crippen LogP contribution in [0.15, 0.2) is 12.1 Å². The summed E-state index contributed by atoms with van der Waals surface area (Å²) < 4.78 is 10.7. The lowest BCUT2D eigenvalue weighted by atomic mass is 10.1. The molecule has 0 aromatic heterocycles. The average molecular weight is 248 g/mol. The monoisotopic (exact) mass is 248 g/mol. The third-order valence-corrected chi connectivity index (χ3v) is 6.26. The zero-order chi connectivity index (χ0) is 12.2. The number of carbonyl (C=O) groups is 1. The molecule has 1 unspecified atom stereocenters. The highest BCUT2D eigenvalue weighted by Crippen LogP contribution is 2.45. The molecule has 1 aromatic carbocycles. The molecule has 17 heavy (non-hydrogen) atoms. The molecule has 0 fully saturated rings. The van der Waals surface area contributed by atoms with Gasteiger partial charge in [-0.05, 0) is 23.2 Å². The van der Waals surface area contributed by atoms with E-state index in [4.69, 9.17) is 9.47 Å². The van der Waals surface area contributed by atoms with Gasteiger partial charge in [0.2, 0.25) is 6.79 Å². The van der Waals surface area contributed by atoms with Gasteiger partial charge in [0.1, 0.15) is 0 Å². The molecule has 1 heterocycles. The SMILES string of the molecule is C[Si](C)(C)C1CC(=O)c2cc3c(cc21)OCO3. The summed E-state index contributed by atoms with van der Waals surface area (Å²) in [4.78, 5) is 12.0. The maximum absolute atomic E-state index is 12.0. The summed E-state index contributed by atoms with van der Waals surface area (Å²) in [6.07, 6.45) is 0.661. The first kappa shape index (κ1) is 10.8. The Morgan fingerprint density at radius 3 is 2.47 bits per heavy atom. The van der Waals surface area contributed by atoms with Gasteiger partial charge in [0.25, 0.3) is 0 Å². The van der Waals surface area contributed by atoms with Crippen molar-refractivity contribution in [1.82, 2.24) is 0 Å². The molecule has 90 valence electrons. The number of Topliss-reactive ketones (excluding diaryl/α,β-unsaturated/α-hetero) is 1. The molecule has 0 saturated carbocycles. The van der Waals surface area contributed by atoms with Crippen molar-refractivity contribution < 1.29 is 14.3 Å². The van der Waals surface area contributed by atoms with E-state index in [1.165, 1.54) is 5.56 Å². The van der Waals surface area contributed by atoms with Crippen molar-refractivity contribution in [3.05, 3.63) is 23.3 Å². The zero-order valence-electron chi connectivity index (χ0n) is 10.4. The van der Waals surface area contributed by atoms with Crippen molar-refractivity contribution in [2.75, 3.05) is 6.79 Å². The van der Waals surface area contributed by atoms with Gasteiger partial charge in [0, 0.05) is 12.0 Å². The smallest absolute Gasteiger partial charge is 0.231 e. The molecule has 0 bridgehead atoms. The Morgan fingerprint density at radius 2 is 1.82 bits per heavy atom. The quantitative estimate of drug-likeness (QED) is 0.717. The minimum atomic E-state index is -1.37. The molecule has 1 aliphatic carbocycles. The van der Waals surface area contributed by atoms with Crippen molar-refractivity contribution in [3.8, 4) is 11.5 Å². The third-order valence-electron chi connectivity index (χ3n) is 3.66. The number of ketones is 1. The van der Waals surface area contributed by atoms with E-state index in [0.717, 1.165) is 11.3 Å². The summed E-state index contributed by atoms with van der Waals surface area (Å²) in [6.45, 7) is 7.20. The molecule has 1 aliphatic heterocycles. The summed E-state index contributed by atoms with van der Waals surface area (Å²) in [5.74, 6) is 1.76. The van der Waals surface area contributed by atoms with Gasteiger partial charge in [-0.15, -0.1) is 0 Å². The van der Waals surface area contributed by atoms with Crippen LogP contribution >= 0.6 is 0 Å². The molecular formula is C13H16O3Si. The average Bonchev–Trinajstić information content (AvgIpc) is 2.79. The molecule has 0 saturated heterocycles. The normalized spacial score (nSPS) is 21.8. The highest BCUT2D eigenvalue weighted by atomic mass is 28.3. The van der Waals surface area contributed by atoms with E-state index in [0.29, 0.717) is 17.7 Å². The minimum absolute atomic E-state index is 0.255. The second-order valence-corrected chi connectivity index (χ2v) is 11.3. The maximum atomic E-state index is 12.0. The fourth-order valence-electron chi connectivity index (χ4n) is 2.67. The van der Waals surface area contributed by atoms with Crippen LogP contribution in [0.5, 0.6) is 11.5 Å². The molecule has 0 N–H and O–H groups in total. The van der Waals surface area contributed by atoms with E-state index in [-0.39, 0.29) is 12.6 Å². The van der Waals surface area contributed by atoms with Gasteiger partial charge >= 0.3 is 0 Å². The number of rotatable bonds is 1. The summed E-state index contributed by atoms with van der Waals surface area (Å²) in [6, 6.07) is 3.88. The van der Waals surface area contributed by atoms with Gasteiger partial charge < -0.3 is 9.47 Å². The first-order chi connectivity index (χ1) is 7.97. The fraction of sp³-hybridized carbons (Fsp3) is 0.462. The van der Waals surface area contributed by atoms with Gasteiger partial charge in [0.05, 0.1) is 8.07 Å². The zero-order valence-corrected chi connectivity index (χ0v) is 11.4. The van der Waals surface area contributed by atoms with E-state index < -0.39 is 8.07 Å². The maximum Gasteiger partial charge on any atom is 0.231 e. The van der Waals surface area contributed by atoms with E-state index >= 15 is 0 Å². The number of fused-ring (bicyclic) bond motifs is 2. The Balaban J connectivity index is 2.14. The second kappa shape index (κ2) is 3.35. The Morgan fingerprint density at radius 1 is 1.18 bits per heavy atom. The number of benzene rings is 1. The molecule has 0 radical (unpaired) electrons. The molecular weight excluding hydrogens is 232 g/mol. The second-order valence-electron chi connectivity index (χ2n) is 5.84. The Labute approximate surface area is 102 Å². The van der Waals surface area contributed by atoms with Crippen molar-refractivity contribution in [2.45, 2.75) is 31.6 Å². The van der Waals surface area contributed by atoms with Gasteiger partial charge in [0.15, 0.2) is 17.3 Å². The molecule has 0 amide bonds. The van der Waals surface area contributed by atoms with Crippen molar-refractivity contribution in [1.29, 1.82) is 0 Å². The third kappa shape index (κ3) is 1.58. The van der Waals surface area contributed by atoms with Crippen molar-refractivity contribution >= 4 is 13.9 Å². The number of hydrogen-bond acceptors (Lipinski definition) is 3. The van der Waals surface area contributed by atoms with Crippen molar-refractivity contribution in [2.24, 2.45) is 0 Å². The first-order valence-corrected chi connectivity index (χ1v) is 9.51. The predicted molar refractivity (Wildman–Crippen MR) is 67.6 cm³/mol. The van der Waals surface area contributed by atoms with Gasteiger partial charge in [-0.2, -0.15) is 0 Å². The van der Waals surface area contributed by atoms with Crippen molar-refractivity contribution in [3.63, 3.8) is 0 Å². The molecule has 1 aromatic rings. The largest absolute Gasteiger partial charge is 0.454 e. The van der Waals surface area contributed by atoms with Gasteiger partial charge in [-0.1, -0.05) is 19.6 Å². The minimum Gasteiger partial charge on any atom is -0.454 e. The fourth-order valence-corrected chi connectivity index (χ4v) is 4.64. The summed E-state index contributed by atoms with van der Waals surface area (Å²) in [5.41, 5.74) is 2.44. The van der Waals surface area contributed by atoms with Crippen LogP contribution in [0.3, 0.4) is 0 Å². The Kier molecular flexibility index (Phi) is 2.14.